The fourth-order valence-electron chi connectivity index (χ4n) is 2.37. The van der Waals surface area contributed by atoms with Crippen molar-refractivity contribution in [3.63, 3.8) is 0 Å². The van der Waals surface area contributed by atoms with Crippen molar-refractivity contribution in [2.24, 2.45) is 0 Å². The van der Waals surface area contributed by atoms with Crippen molar-refractivity contribution in [2.75, 3.05) is 44.8 Å². The molecule has 1 fully saturated rings. The predicted molar refractivity (Wildman–Crippen MR) is 94.5 cm³/mol. The zero-order valence-electron chi connectivity index (χ0n) is 13.0. The number of hydrogen-bond donors (Lipinski definition) is 1. The van der Waals surface area contributed by atoms with Crippen LogP contribution in [-0.4, -0.2) is 54.3 Å². The molecule has 3 rings (SSSR count). The quantitative estimate of drug-likeness (QED) is 0.789. The topological polar surface area (TPSA) is 59.5 Å². The average Bonchev–Trinajstić information content (AvgIpc) is 2.60. The Kier molecular flexibility index (Phi) is 6.09. The van der Waals surface area contributed by atoms with E-state index in [1.165, 1.54) is 6.20 Å². The summed E-state index contributed by atoms with van der Waals surface area (Å²) >= 11 is 11.9. The Hall–Kier alpha value is -1.60. The lowest BCUT2D eigenvalue weighted by Crippen LogP contribution is -2.38. The van der Waals surface area contributed by atoms with Crippen LogP contribution in [0.1, 0.15) is 0 Å². The number of anilines is 2. The summed E-state index contributed by atoms with van der Waals surface area (Å²) in [6.45, 7) is 4.90. The molecule has 0 unspecified atom stereocenters. The average molecular weight is 369 g/mol. The maximum atomic E-state index is 6.10. The van der Waals surface area contributed by atoms with E-state index in [4.69, 9.17) is 32.7 Å². The highest BCUT2D eigenvalue weighted by atomic mass is 35.5. The second-order valence-electron chi connectivity index (χ2n) is 5.26. The molecule has 1 aromatic carbocycles. The number of ether oxygens (including phenoxy) is 2. The fraction of sp³-hybridized carbons (Fsp3) is 0.375. The second kappa shape index (κ2) is 8.48. The molecule has 0 aliphatic carbocycles. The Morgan fingerprint density at radius 2 is 2.00 bits per heavy atom. The normalized spacial score (nSPS) is 15.2. The van der Waals surface area contributed by atoms with E-state index in [-0.39, 0.29) is 5.28 Å². The van der Waals surface area contributed by atoms with Gasteiger partial charge in [0.2, 0.25) is 5.28 Å². The highest BCUT2D eigenvalue weighted by Gasteiger charge is 2.11. The van der Waals surface area contributed by atoms with Crippen LogP contribution in [0.5, 0.6) is 5.75 Å². The lowest BCUT2D eigenvalue weighted by Gasteiger charge is -2.26. The molecule has 1 aliphatic rings. The SMILES string of the molecule is Clc1ncc(Cl)c(Nc2ccccc2OCCN2CCOCC2)n1. The van der Waals surface area contributed by atoms with Crippen LogP contribution >= 0.6 is 23.2 Å². The smallest absolute Gasteiger partial charge is 0.224 e. The van der Waals surface area contributed by atoms with Gasteiger partial charge in [0.15, 0.2) is 5.82 Å². The zero-order chi connectivity index (χ0) is 16.8. The maximum absolute atomic E-state index is 6.10. The van der Waals surface area contributed by atoms with E-state index in [0.29, 0.717) is 17.4 Å². The number of para-hydroxylation sites is 2. The standard InChI is InChI=1S/C16H18Cl2N4O2/c17-12-11-19-16(18)21-15(12)20-13-3-1-2-4-14(13)24-10-7-22-5-8-23-9-6-22/h1-4,11H,5-10H2,(H,19,20,21). The maximum Gasteiger partial charge on any atom is 0.224 e. The van der Waals surface area contributed by atoms with Gasteiger partial charge in [-0.15, -0.1) is 0 Å². The Morgan fingerprint density at radius 1 is 1.21 bits per heavy atom. The van der Waals surface area contributed by atoms with Gasteiger partial charge in [0.1, 0.15) is 17.4 Å². The summed E-state index contributed by atoms with van der Waals surface area (Å²) in [4.78, 5) is 10.3. The molecule has 8 heteroatoms. The molecule has 0 saturated carbocycles. The lowest BCUT2D eigenvalue weighted by molar-refractivity contribution is 0.0323. The van der Waals surface area contributed by atoms with Gasteiger partial charge in [-0.3, -0.25) is 4.90 Å². The molecular formula is C16H18Cl2N4O2. The van der Waals surface area contributed by atoms with Crippen molar-refractivity contribution >= 4 is 34.7 Å². The van der Waals surface area contributed by atoms with E-state index in [0.717, 1.165) is 44.3 Å². The molecule has 0 radical (unpaired) electrons. The molecular weight excluding hydrogens is 351 g/mol. The minimum absolute atomic E-state index is 0.132. The van der Waals surface area contributed by atoms with Crippen LogP contribution in [0.25, 0.3) is 0 Å². The van der Waals surface area contributed by atoms with E-state index in [9.17, 15) is 0 Å². The Labute approximate surface area is 150 Å². The second-order valence-corrected chi connectivity index (χ2v) is 6.00. The van der Waals surface area contributed by atoms with E-state index < -0.39 is 0 Å². The van der Waals surface area contributed by atoms with Gasteiger partial charge in [0, 0.05) is 19.6 Å². The van der Waals surface area contributed by atoms with Crippen molar-refractivity contribution in [3.05, 3.63) is 40.8 Å². The third-order valence-corrected chi connectivity index (χ3v) is 4.08. The molecule has 128 valence electrons. The van der Waals surface area contributed by atoms with Crippen LogP contribution in [-0.2, 0) is 4.74 Å². The minimum atomic E-state index is 0.132. The minimum Gasteiger partial charge on any atom is -0.490 e. The molecule has 0 atom stereocenters. The van der Waals surface area contributed by atoms with E-state index in [1.807, 2.05) is 24.3 Å². The van der Waals surface area contributed by atoms with Gasteiger partial charge in [-0.25, -0.2) is 4.98 Å². The van der Waals surface area contributed by atoms with Crippen molar-refractivity contribution in [3.8, 4) is 5.75 Å². The van der Waals surface area contributed by atoms with E-state index >= 15 is 0 Å². The molecule has 6 nitrogen and oxygen atoms in total. The first kappa shape index (κ1) is 17.2. The Balaban J connectivity index is 1.63. The van der Waals surface area contributed by atoms with Crippen LogP contribution in [0, 0.1) is 0 Å². The predicted octanol–water partition coefficient (Wildman–Crippen LogP) is 3.24. The van der Waals surface area contributed by atoms with Crippen molar-refractivity contribution in [1.82, 2.24) is 14.9 Å². The number of aromatic nitrogens is 2. The van der Waals surface area contributed by atoms with E-state index in [2.05, 4.69) is 20.2 Å². The summed E-state index contributed by atoms with van der Waals surface area (Å²) < 4.78 is 11.3. The first-order chi connectivity index (χ1) is 11.7. The van der Waals surface area contributed by atoms with Crippen LogP contribution < -0.4 is 10.1 Å². The molecule has 2 aromatic rings. The molecule has 1 saturated heterocycles. The fourth-order valence-corrected chi connectivity index (χ4v) is 2.64. The molecule has 2 heterocycles. The monoisotopic (exact) mass is 368 g/mol. The molecule has 1 aromatic heterocycles. The summed E-state index contributed by atoms with van der Waals surface area (Å²) in [6, 6.07) is 7.63. The van der Waals surface area contributed by atoms with Gasteiger partial charge in [0.25, 0.3) is 0 Å². The van der Waals surface area contributed by atoms with Crippen molar-refractivity contribution < 1.29 is 9.47 Å². The zero-order valence-corrected chi connectivity index (χ0v) is 14.6. The number of morpholine rings is 1. The molecule has 0 amide bonds. The number of halogens is 2. The number of hydrogen-bond acceptors (Lipinski definition) is 6. The van der Waals surface area contributed by atoms with E-state index in [1.54, 1.807) is 0 Å². The van der Waals surface area contributed by atoms with Crippen LogP contribution in [0.15, 0.2) is 30.5 Å². The van der Waals surface area contributed by atoms with Crippen molar-refractivity contribution in [2.45, 2.75) is 0 Å². The van der Waals surface area contributed by atoms with Gasteiger partial charge >= 0.3 is 0 Å². The van der Waals surface area contributed by atoms with Crippen LogP contribution in [0.2, 0.25) is 10.3 Å². The molecule has 0 bridgehead atoms. The van der Waals surface area contributed by atoms with Gasteiger partial charge in [-0.1, -0.05) is 23.7 Å². The van der Waals surface area contributed by atoms with Crippen LogP contribution in [0.4, 0.5) is 11.5 Å². The molecule has 24 heavy (non-hydrogen) atoms. The first-order valence-corrected chi connectivity index (χ1v) is 8.45. The summed E-state index contributed by atoms with van der Waals surface area (Å²) in [7, 11) is 0. The van der Waals surface area contributed by atoms with Crippen molar-refractivity contribution in [1.29, 1.82) is 0 Å². The number of nitrogens with zero attached hydrogens (tertiary/aromatic N) is 3. The summed E-state index contributed by atoms with van der Waals surface area (Å²) in [6.07, 6.45) is 1.46. The first-order valence-electron chi connectivity index (χ1n) is 7.69. The highest BCUT2D eigenvalue weighted by Crippen LogP contribution is 2.30. The largest absolute Gasteiger partial charge is 0.490 e. The molecule has 1 N–H and O–H groups in total. The third kappa shape index (κ3) is 4.70. The molecule has 1 aliphatic heterocycles. The van der Waals surface area contributed by atoms with Gasteiger partial charge in [-0.2, -0.15) is 4.98 Å². The van der Waals surface area contributed by atoms with Gasteiger partial charge in [-0.05, 0) is 23.7 Å². The number of nitrogens with one attached hydrogen (secondary N) is 1. The molecule has 0 spiro atoms. The third-order valence-electron chi connectivity index (χ3n) is 3.62. The lowest BCUT2D eigenvalue weighted by atomic mass is 10.3. The number of benzene rings is 1. The number of rotatable bonds is 6. The summed E-state index contributed by atoms with van der Waals surface area (Å²) in [5.41, 5.74) is 0.774. The van der Waals surface area contributed by atoms with Gasteiger partial charge in [0.05, 0.1) is 25.1 Å². The van der Waals surface area contributed by atoms with Gasteiger partial charge < -0.3 is 14.8 Å². The Morgan fingerprint density at radius 3 is 2.83 bits per heavy atom. The highest BCUT2D eigenvalue weighted by molar-refractivity contribution is 6.33. The summed E-state index contributed by atoms with van der Waals surface area (Å²) in [5, 5.41) is 3.67. The van der Waals surface area contributed by atoms with Crippen LogP contribution in [0.3, 0.4) is 0 Å². The summed E-state index contributed by atoms with van der Waals surface area (Å²) in [5.74, 6) is 1.18. The Bertz CT molecular complexity index is 681.